The van der Waals surface area contributed by atoms with E-state index in [9.17, 15) is 0 Å². The van der Waals surface area contributed by atoms with Crippen molar-refractivity contribution < 1.29 is 9.15 Å². The lowest BCUT2D eigenvalue weighted by Gasteiger charge is -2.16. The summed E-state index contributed by atoms with van der Waals surface area (Å²) in [7, 11) is 1.67. The van der Waals surface area contributed by atoms with Crippen LogP contribution in [0.1, 0.15) is 30.0 Å². The quantitative estimate of drug-likeness (QED) is 0.626. The maximum atomic E-state index is 5.77. The summed E-state index contributed by atoms with van der Waals surface area (Å²) in [5.41, 5.74) is 3.88. The van der Waals surface area contributed by atoms with E-state index in [1.807, 2.05) is 30.3 Å². The van der Waals surface area contributed by atoms with Gasteiger partial charge >= 0.3 is 0 Å². The number of ether oxygens (including phenoxy) is 1. The molecule has 0 fully saturated rings. The van der Waals surface area contributed by atoms with Crippen molar-refractivity contribution in [2.24, 2.45) is 5.84 Å². The number of hydrazine groups is 1. The average Bonchev–Trinajstić information content (AvgIpc) is 2.93. The summed E-state index contributed by atoms with van der Waals surface area (Å²) in [6, 6.07) is 9.79. The molecule has 0 amide bonds. The summed E-state index contributed by atoms with van der Waals surface area (Å²) in [6.45, 7) is 2.06. The zero-order chi connectivity index (χ0) is 14.5. The van der Waals surface area contributed by atoms with Crippen LogP contribution in [0.25, 0.3) is 0 Å². The highest BCUT2D eigenvalue weighted by atomic mass is 79.9. The molecule has 0 aliphatic heterocycles. The lowest BCUT2D eigenvalue weighted by atomic mass is 10.0. The summed E-state index contributed by atoms with van der Waals surface area (Å²) in [5.74, 6) is 8.31. The third kappa shape index (κ3) is 3.42. The van der Waals surface area contributed by atoms with Gasteiger partial charge in [0.15, 0.2) is 0 Å². The molecule has 0 spiro atoms. The van der Waals surface area contributed by atoms with Crippen LogP contribution in [0.15, 0.2) is 39.2 Å². The van der Waals surface area contributed by atoms with E-state index in [0.29, 0.717) is 6.42 Å². The summed E-state index contributed by atoms with van der Waals surface area (Å²) in [6.07, 6.45) is 1.56. The van der Waals surface area contributed by atoms with Crippen LogP contribution in [0.3, 0.4) is 0 Å². The van der Waals surface area contributed by atoms with Gasteiger partial charge in [-0.2, -0.15) is 0 Å². The highest BCUT2D eigenvalue weighted by Crippen LogP contribution is 2.28. The van der Waals surface area contributed by atoms with E-state index in [4.69, 9.17) is 15.0 Å². The van der Waals surface area contributed by atoms with E-state index in [1.54, 1.807) is 7.11 Å². The Morgan fingerprint density at radius 2 is 2.15 bits per heavy atom. The zero-order valence-corrected chi connectivity index (χ0v) is 13.2. The fourth-order valence-electron chi connectivity index (χ4n) is 2.14. The van der Waals surface area contributed by atoms with Crippen molar-refractivity contribution in [1.29, 1.82) is 0 Å². The molecule has 1 atom stereocenters. The first-order chi connectivity index (χ1) is 9.67. The van der Waals surface area contributed by atoms with E-state index in [0.717, 1.165) is 33.7 Å². The van der Waals surface area contributed by atoms with E-state index >= 15 is 0 Å². The first kappa shape index (κ1) is 15.1. The molecule has 0 saturated carbocycles. The monoisotopic (exact) mass is 338 g/mol. The van der Waals surface area contributed by atoms with Gasteiger partial charge in [-0.05, 0) is 42.3 Å². The van der Waals surface area contributed by atoms with Gasteiger partial charge in [0.2, 0.25) is 0 Å². The Morgan fingerprint density at radius 1 is 1.35 bits per heavy atom. The topological polar surface area (TPSA) is 60.4 Å². The molecule has 1 unspecified atom stereocenters. The number of methoxy groups -OCH3 is 1. The molecule has 2 rings (SSSR count). The lowest BCUT2D eigenvalue weighted by molar-refractivity contribution is 0.383. The predicted octanol–water partition coefficient (Wildman–Crippen LogP) is 3.36. The second-order valence-electron chi connectivity index (χ2n) is 4.54. The van der Waals surface area contributed by atoms with E-state index < -0.39 is 0 Å². The first-order valence-corrected chi connectivity index (χ1v) is 7.34. The van der Waals surface area contributed by atoms with E-state index in [2.05, 4.69) is 28.3 Å². The fourth-order valence-corrected chi connectivity index (χ4v) is 2.55. The van der Waals surface area contributed by atoms with Crippen molar-refractivity contribution in [2.75, 3.05) is 7.11 Å². The number of hydrogen-bond donors (Lipinski definition) is 2. The Bertz CT molecular complexity index is 569. The van der Waals surface area contributed by atoms with Crippen LogP contribution in [0.5, 0.6) is 5.75 Å². The molecule has 0 saturated heterocycles. The molecule has 1 heterocycles. The number of nitrogens with one attached hydrogen (secondary N) is 1. The maximum absolute atomic E-state index is 5.77. The maximum Gasteiger partial charge on any atom is 0.122 e. The number of aryl methyl sites for hydroxylation is 1. The molecule has 3 N–H and O–H groups in total. The third-order valence-electron chi connectivity index (χ3n) is 3.24. The van der Waals surface area contributed by atoms with Crippen LogP contribution in [-0.4, -0.2) is 7.11 Å². The third-order valence-corrected chi connectivity index (χ3v) is 3.74. The molecule has 4 nitrogen and oxygen atoms in total. The van der Waals surface area contributed by atoms with Gasteiger partial charge in [-0.25, -0.2) is 5.43 Å². The SMILES string of the molecule is CCc1ccc(C(Cc2cc(Br)ccc2OC)NN)o1. The van der Waals surface area contributed by atoms with Crippen LogP contribution in [-0.2, 0) is 12.8 Å². The zero-order valence-electron chi connectivity index (χ0n) is 11.7. The second-order valence-corrected chi connectivity index (χ2v) is 5.45. The van der Waals surface area contributed by atoms with Crippen LogP contribution >= 0.6 is 15.9 Å². The summed E-state index contributed by atoms with van der Waals surface area (Å²) < 4.78 is 12.2. The minimum atomic E-state index is -0.0847. The van der Waals surface area contributed by atoms with Gasteiger partial charge in [-0.1, -0.05) is 22.9 Å². The molecule has 1 aromatic heterocycles. The van der Waals surface area contributed by atoms with Crippen molar-refractivity contribution in [1.82, 2.24) is 5.43 Å². The number of nitrogens with two attached hydrogens (primary N) is 1. The number of benzene rings is 1. The Kier molecular flexibility index (Phi) is 5.23. The van der Waals surface area contributed by atoms with Crippen LogP contribution in [0.4, 0.5) is 0 Å². The van der Waals surface area contributed by atoms with Gasteiger partial charge in [0.05, 0.1) is 13.2 Å². The molecular weight excluding hydrogens is 320 g/mol. The van der Waals surface area contributed by atoms with Gasteiger partial charge in [0.1, 0.15) is 17.3 Å². The first-order valence-electron chi connectivity index (χ1n) is 6.55. The number of furan rings is 1. The molecule has 20 heavy (non-hydrogen) atoms. The van der Waals surface area contributed by atoms with E-state index in [1.165, 1.54) is 0 Å². The van der Waals surface area contributed by atoms with Crippen LogP contribution in [0, 0.1) is 0 Å². The molecule has 2 aromatic rings. The van der Waals surface area contributed by atoms with Crippen LogP contribution in [0.2, 0.25) is 0 Å². The molecule has 0 bridgehead atoms. The largest absolute Gasteiger partial charge is 0.496 e. The Morgan fingerprint density at radius 3 is 2.75 bits per heavy atom. The Balaban J connectivity index is 2.23. The normalized spacial score (nSPS) is 12.4. The minimum Gasteiger partial charge on any atom is -0.496 e. The van der Waals surface area contributed by atoms with Crippen LogP contribution < -0.4 is 16.0 Å². The smallest absolute Gasteiger partial charge is 0.122 e. The fraction of sp³-hybridized carbons (Fsp3) is 0.333. The summed E-state index contributed by atoms with van der Waals surface area (Å²) in [4.78, 5) is 0. The van der Waals surface area contributed by atoms with Gasteiger partial charge < -0.3 is 9.15 Å². The molecule has 1 aromatic carbocycles. The number of halogens is 1. The molecule has 5 heteroatoms. The minimum absolute atomic E-state index is 0.0847. The van der Waals surface area contributed by atoms with E-state index in [-0.39, 0.29) is 6.04 Å². The molecular formula is C15H19BrN2O2. The molecule has 0 aliphatic rings. The Hall–Kier alpha value is -1.30. The average molecular weight is 339 g/mol. The molecule has 0 aliphatic carbocycles. The van der Waals surface area contributed by atoms with Gasteiger partial charge in [-0.3, -0.25) is 5.84 Å². The van der Waals surface area contributed by atoms with Crippen molar-refractivity contribution in [3.8, 4) is 5.75 Å². The highest BCUT2D eigenvalue weighted by Gasteiger charge is 2.17. The van der Waals surface area contributed by atoms with Crippen molar-refractivity contribution in [3.63, 3.8) is 0 Å². The lowest BCUT2D eigenvalue weighted by Crippen LogP contribution is -2.29. The molecule has 0 radical (unpaired) electrons. The molecule has 108 valence electrons. The van der Waals surface area contributed by atoms with Gasteiger partial charge in [0.25, 0.3) is 0 Å². The van der Waals surface area contributed by atoms with Crippen molar-refractivity contribution in [2.45, 2.75) is 25.8 Å². The summed E-state index contributed by atoms with van der Waals surface area (Å²) in [5, 5.41) is 0. The van der Waals surface area contributed by atoms with Gasteiger partial charge in [-0.15, -0.1) is 0 Å². The highest BCUT2D eigenvalue weighted by molar-refractivity contribution is 9.10. The number of rotatable bonds is 6. The summed E-state index contributed by atoms with van der Waals surface area (Å²) >= 11 is 3.48. The Labute approximate surface area is 127 Å². The predicted molar refractivity (Wildman–Crippen MR) is 82.5 cm³/mol. The second kappa shape index (κ2) is 6.92. The number of hydrogen-bond acceptors (Lipinski definition) is 4. The van der Waals surface area contributed by atoms with Gasteiger partial charge in [0, 0.05) is 10.9 Å². The van der Waals surface area contributed by atoms with Crippen molar-refractivity contribution >= 4 is 15.9 Å². The van der Waals surface area contributed by atoms with Crippen molar-refractivity contribution in [3.05, 3.63) is 51.9 Å². The standard InChI is InChI=1S/C15H19BrN2O2/c1-3-12-5-7-15(20-12)13(18-17)9-10-8-11(16)4-6-14(10)19-2/h4-8,13,18H,3,9,17H2,1-2H3.